The lowest BCUT2D eigenvalue weighted by atomic mass is 10.2. The number of nitrogens with zero attached hydrogens (tertiary/aromatic N) is 2. The Hall–Kier alpha value is -0.0900. The minimum absolute atomic E-state index is 0.0507. The lowest BCUT2D eigenvalue weighted by Crippen LogP contribution is -2.43. The maximum atomic E-state index is 11.8. The fourth-order valence-electron chi connectivity index (χ4n) is 1.97. The van der Waals surface area contributed by atoms with Crippen molar-refractivity contribution >= 4 is 21.8 Å². The van der Waals surface area contributed by atoms with Crippen LogP contribution in [0, 0.1) is 0 Å². The molecule has 14 heavy (non-hydrogen) atoms. The molecule has 0 aromatic heterocycles. The highest BCUT2D eigenvalue weighted by atomic mass is 79.9. The van der Waals surface area contributed by atoms with Crippen molar-refractivity contribution in [1.29, 1.82) is 0 Å². The van der Waals surface area contributed by atoms with Gasteiger partial charge in [-0.1, -0.05) is 15.9 Å². The number of halogens is 1. The van der Waals surface area contributed by atoms with E-state index in [0.717, 1.165) is 25.9 Å². The van der Waals surface area contributed by atoms with Crippen LogP contribution < -0.4 is 0 Å². The third kappa shape index (κ3) is 2.95. The zero-order valence-electron chi connectivity index (χ0n) is 9.16. The van der Waals surface area contributed by atoms with Gasteiger partial charge in [0, 0.05) is 19.1 Å². The van der Waals surface area contributed by atoms with Gasteiger partial charge in [0.15, 0.2) is 0 Å². The van der Waals surface area contributed by atoms with Crippen molar-refractivity contribution in [2.24, 2.45) is 0 Å². The summed E-state index contributed by atoms with van der Waals surface area (Å²) in [7, 11) is 4.11. The van der Waals surface area contributed by atoms with Crippen molar-refractivity contribution in [2.45, 2.75) is 30.6 Å². The van der Waals surface area contributed by atoms with Gasteiger partial charge in [0.05, 0.1) is 4.83 Å². The molecule has 0 spiro atoms. The SMILES string of the molecule is CC(Br)C(=O)N1CCCC1CN(C)C. The highest BCUT2D eigenvalue weighted by molar-refractivity contribution is 9.10. The maximum Gasteiger partial charge on any atom is 0.236 e. The molecule has 1 fully saturated rings. The van der Waals surface area contributed by atoms with Crippen molar-refractivity contribution in [3.05, 3.63) is 0 Å². The van der Waals surface area contributed by atoms with Crippen LogP contribution in [0.25, 0.3) is 0 Å². The predicted octanol–water partition coefficient (Wildman–Crippen LogP) is 1.32. The fourth-order valence-corrected chi connectivity index (χ4v) is 2.23. The third-order valence-electron chi connectivity index (χ3n) is 2.58. The highest BCUT2D eigenvalue weighted by Crippen LogP contribution is 2.20. The van der Waals surface area contributed by atoms with Gasteiger partial charge in [-0.3, -0.25) is 4.79 Å². The van der Waals surface area contributed by atoms with Crippen molar-refractivity contribution in [3.8, 4) is 0 Å². The van der Waals surface area contributed by atoms with Gasteiger partial charge >= 0.3 is 0 Å². The van der Waals surface area contributed by atoms with E-state index in [1.807, 2.05) is 11.8 Å². The van der Waals surface area contributed by atoms with E-state index < -0.39 is 0 Å². The van der Waals surface area contributed by atoms with Crippen LogP contribution in [0.4, 0.5) is 0 Å². The number of likely N-dealkylation sites (N-methyl/N-ethyl adjacent to an activating group) is 1. The zero-order chi connectivity index (χ0) is 10.7. The Morgan fingerprint density at radius 2 is 2.29 bits per heavy atom. The van der Waals surface area contributed by atoms with Crippen molar-refractivity contribution in [2.75, 3.05) is 27.2 Å². The Bertz CT molecular complexity index is 206. The summed E-state index contributed by atoms with van der Waals surface area (Å²) in [6.45, 7) is 3.80. The Kier molecular flexibility index (Phi) is 4.38. The minimum Gasteiger partial charge on any atom is -0.337 e. The minimum atomic E-state index is -0.0507. The van der Waals surface area contributed by atoms with Gasteiger partial charge in [0.1, 0.15) is 0 Å². The summed E-state index contributed by atoms with van der Waals surface area (Å²) >= 11 is 3.34. The van der Waals surface area contributed by atoms with E-state index in [9.17, 15) is 4.79 Å². The van der Waals surface area contributed by atoms with Gasteiger partial charge in [0.25, 0.3) is 0 Å². The normalized spacial score (nSPS) is 24.4. The average Bonchev–Trinajstić information content (AvgIpc) is 2.49. The number of carbonyl (C=O) groups excluding carboxylic acids is 1. The summed E-state index contributed by atoms with van der Waals surface area (Å²) in [6, 6.07) is 0.414. The number of hydrogen-bond donors (Lipinski definition) is 0. The highest BCUT2D eigenvalue weighted by Gasteiger charge is 2.30. The van der Waals surface area contributed by atoms with Crippen LogP contribution >= 0.6 is 15.9 Å². The Morgan fingerprint density at radius 1 is 1.64 bits per heavy atom. The molecule has 0 aliphatic carbocycles. The van der Waals surface area contributed by atoms with Crippen LogP contribution in [0.5, 0.6) is 0 Å². The molecule has 4 heteroatoms. The number of hydrogen-bond acceptors (Lipinski definition) is 2. The predicted molar refractivity (Wildman–Crippen MR) is 61.7 cm³/mol. The first-order chi connectivity index (χ1) is 6.52. The molecule has 1 amide bonds. The topological polar surface area (TPSA) is 23.6 Å². The number of carbonyl (C=O) groups is 1. The molecule has 2 atom stereocenters. The number of amides is 1. The van der Waals surface area contributed by atoms with Crippen molar-refractivity contribution in [1.82, 2.24) is 9.80 Å². The van der Waals surface area contributed by atoms with E-state index in [-0.39, 0.29) is 10.7 Å². The standard InChI is InChI=1S/C10H19BrN2O/c1-8(11)10(14)13-6-4-5-9(13)7-12(2)3/h8-9H,4-7H2,1-3H3. The first kappa shape index (κ1) is 12.0. The van der Waals surface area contributed by atoms with Gasteiger partial charge in [-0.05, 0) is 33.9 Å². The molecule has 1 heterocycles. The Balaban J connectivity index is 2.55. The second kappa shape index (κ2) is 5.12. The summed E-state index contributed by atoms with van der Waals surface area (Å²) in [5, 5.41) is 0. The third-order valence-corrected chi connectivity index (χ3v) is 2.97. The smallest absolute Gasteiger partial charge is 0.236 e. The molecule has 0 bridgehead atoms. The molecule has 1 rings (SSSR count). The monoisotopic (exact) mass is 262 g/mol. The van der Waals surface area contributed by atoms with Gasteiger partial charge in [-0.25, -0.2) is 0 Å². The van der Waals surface area contributed by atoms with E-state index in [1.165, 1.54) is 0 Å². The molecular weight excluding hydrogens is 244 g/mol. The van der Waals surface area contributed by atoms with Crippen LogP contribution in [0.15, 0.2) is 0 Å². The van der Waals surface area contributed by atoms with Gasteiger partial charge in [-0.2, -0.15) is 0 Å². The molecule has 0 radical (unpaired) electrons. The van der Waals surface area contributed by atoms with Crippen molar-refractivity contribution in [3.63, 3.8) is 0 Å². The quantitative estimate of drug-likeness (QED) is 0.717. The molecule has 3 nitrogen and oxygen atoms in total. The number of rotatable bonds is 3. The summed E-state index contributed by atoms with van der Waals surface area (Å²) < 4.78 is 0. The van der Waals surface area contributed by atoms with Crippen LogP contribution in [0.1, 0.15) is 19.8 Å². The molecule has 0 N–H and O–H groups in total. The van der Waals surface area contributed by atoms with Crippen LogP contribution in [-0.2, 0) is 4.79 Å². The van der Waals surface area contributed by atoms with E-state index in [0.29, 0.717) is 6.04 Å². The molecule has 1 aliphatic heterocycles. The molecule has 2 unspecified atom stereocenters. The molecule has 1 saturated heterocycles. The second-order valence-corrected chi connectivity index (χ2v) is 5.58. The summed E-state index contributed by atoms with van der Waals surface area (Å²) in [6.07, 6.45) is 2.29. The zero-order valence-corrected chi connectivity index (χ0v) is 10.7. The van der Waals surface area contributed by atoms with Gasteiger partial charge in [-0.15, -0.1) is 0 Å². The first-order valence-corrected chi connectivity index (χ1v) is 6.03. The van der Waals surface area contributed by atoms with Gasteiger partial charge < -0.3 is 9.80 Å². The van der Waals surface area contributed by atoms with Crippen molar-refractivity contribution < 1.29 is 4.79 Å². The fraction of sp³-hybridized carbons (Fsp3) is 0.900. The van der Waals surface area contributed by atoms with E-state index >= 15 is 0 Å². The van der Waals surface area contributed by atoms with E-state index in [4.69, 9.17) is 0 Å². The van der Waals surface area contributed by atoms with Crippen LogP contribution in [-0.4, -0.2) is 53.8 Å². The average molecular weight is 263 g/mol. The van der Waals surface area contributed by atoms with E-state index in [2.05, 4.69) is 34.9 Å². The summed E-state index contributed by atoms with van der Waals surface area (Å²) in [5.74, 6) is 0.231. The Morgan fingerprint density at radius 3 is 2.79 bits per heavy atom. The Labute approximate surface area is 94.6 Å². The number of likely N-dealkylation sites (tertiary alicyclic amines) is 1. The van der Waals surface area contributed by atoms with Crippen LogP contribution in [0.3, 0.4) is 0 Å². The molecule has 1 aliphatic rings. The first-order valence-electron chi connectivity index (χ1n) is 5.11. The summed E-state index contributed by atoms with van der Waals surface area (Å²) in [5.41, 5.74) is 0. The molecule has 82 valence electrons. The summed E-state index contributed by atoms with van der Waals surface area (Å²) in [4.78, 5) is 15.9. The molecule has 0 saturated carbocycles. The number of alkyl halides is 1. The second-order valence-electron chi connectivity index (χ2n) is 4.21. The molecular formula is C10H19BrN2O. The molecule has 0 aromatic rings. The lowest BCUT2D eigenvalue weighted by Gasteiger charge is -2.28. The lowest BCUT2D eigenvalue weighted by molar-refractivity contribution is -0.131. The largest absolute Gasteiger partial charge is 0.337 e. The van der Waals surface area contributed by atoms with E-state index in [1.54, 1.807) is 0 Å². The molecule has 0 aromatic carbocycles. The maximum absolute atomic E-state index is 11.8. The van der Waals surface area contributed by atoms with Gasteiger partial charge in [0.2, 0.25) is 5.91 Å². The van der Waals surface area contributed by atoms with Crippen LogP contribution in [0.2, 0.25) is 0 Å².